The largest absolute Gasteiger partial charge is 0.478 e. The molecule has 0 bridgehead atoms. The molecule has 0 radical (unpaired) electrons. The topological polar surface area (TPSA) is 95.7 Å². The number of carboxylic acid groups (broad SMARTS) is 1. The summed E-state index contributed by atoms with van der Waals surface area (Å²) < 4.78 is 29.7. The van der Waals surface area contributed by atoms with Gasteiger partial charge in [0, 0.05) is 31.6 Å². The Labute approximate surface area is 139 Å². The Kier molecular flexibility index (Phi) is 4.14. The maximum Gasteiger partial charge on any atom is 0.340 e. The van der Waals surface area contributed by atoms with E-state index >= 15 is 0 Å². The number of carboxylic acids is 1. The first-order valence-electron chi connectivity index (χ1n) is 7.24. The van der Waals surface area contributed by atoms with E-state index in [0.717, 1.165) is 16.7 Å². The van der Waals surface area contributed by atoms with Crippen LogP contribution in [0.4, 0.5) is 20.2 Å². The molecular formula is C15H15F2N3O3S. The molecular weight excluding hydrogens is 340 g/mol. The van der Waals surface area contributed by atoms with Gasteiger partial charge in [-0.2, -0.15) is 0 Å². The van der Waals surface area contributed by atoms with Gasteiger partial charge in [0.2, 0.25) is 5.43 Å². The van der Waals surface area contributed by atoms with Crippen LogP contribution in [-0.4, -0.2) is 37.3 Å². The van der Waals surface area contributed by atoms with E-state index in [-0.39, 0.29) is 27.5 Å². The van der Waals surface area contributed by atoms with E-state index in [1.54, 1.807) is 0 Å². The van der Waals surface area contributed by atoms with Crippen molar-refractivity contribution in [2.24, 2.45) is 5.73 Å². The molecule has 24 heavy (non-hydrogen) atoms. The summed E-state index contributed by atoms with van der Waals surface area (Å²) in [6.45, 7) is 0.719. The highest BCUT2D eigenvalue weighted by molar-refractivity contribution is 7.17. The molecule has 6 nitrogen and oxygen atoms in total. The summed E-state index contributed by atoms with van der Waals surface area (Å²) in [5.41, 5.74) is 3.94. The number of nitrogens with two attached hydrogens (primary N) is 1. The van der Waals surface area contributed by atoms with Gasteiger partial charge in [-0.25, -0.2) is 13.6 Å². The van der Waals surface area contributed by atoms with E-state index in [9.17, 15) is 18.4 Å². The predicted molar refractivity (Wildman–Crippen MR) is 89.3 cm³/mol. The molecule has 0 spiro atoms. The van der Waals surface area contributed by atoms with Crippen molar-refractivity contribution in [2.45, 2.75) is 12.5 Å². The third-order valence-electron chi connectivity index (χ3n) is 4.10. The highest BCUT2D eigenvalue weighted by Crippen LogP contribution is 2.39. The molecule has 9 heteroatoms. The number of aromatic carboxylic acids is 1. The average molecular weight is 355 g/mol. The summed E-state index contributed by atoms with van der Waals surface area (Å²) in [6.07, 6.45) is 0.611. The summed E-state index contributed by atoms with van der Waals surface area (Å²) in [5.74, 6) is -3.21. The molecule has 128 valence electrons. The molecule has 1 aliphatic heterocycles. The van der Waals surface area contributed by atoms with Crippen LogP contribution in [0.1, 0.15) is 16.8 Å². The molecule has 1 aromatic carbocycles. The fourth-order valence-electron chi connectivity index (χ4n) is 2.94. The van der Waals surface area contributed by atoms with Gasteiger partial charge >= 0.3 is 5.97 Å². The molecule has 1 saturated heterocycles. The van der Waals surface area contributed by atoms with Gasteiger partial charge in [-0.05, 0) is 6.42 Å². The van der Waals surface area contributed by atoms with Gasteiger partial charge in [-0.3, -0.25) is 4.79 Å². The van der Waals surface area contributed by atoms with Crippen LogP contribution in [0.15, 0.2) is 10.2 Å². The van der Waals surface area contributed by atoms with Crippen molar-refractivity contribution in [3.63, 3.8) is 0 Å². The smallest absolute Gasteiger partial charge is 0.340 e. The number of nitrogens with zero attached hydrogens (tertiary/aromatic N) is 1. The number of rotatable bonds is 3. The first-order valence-corrected chi connectivity index (χ1v) is 8.12. The van der Waals surface area contributed by atoms with Crippen LogP contribution in [0.2, 0.25) is 0 Å². The number of benzene rings is 1. The van der Waals surface area contributed by atoms with E-state index in [0.29, 0.717) is 19.5 Å². The second kappa shape index (κ2) is 5.99. The summed E-state index contributed by atoms with van der Waals surface area (Å²) in [7, 11) is 1.40. The van der Waals surface area contributed by atoms with E-state index in [1.165, 1.54) is 11.9 Å². The van der Waals surface area contributed by atoms with Gasteiger partial charge in [0.25, 0.3) is 0 Å². The summed E-state index contributed by atoms with van der Waals surface area (Å²) >= 11 is 0.764. The Morgan fingerprint density at radius 1 is 1.46 bits per heavy atom. The lowest BCUT2D eigenvalue weighted by molar-refractivity contribution is 0.0696. The highest BCUT2D eigenvalue weighted by Gasteiger charge is 2.30. The van der Waals surface area contributed by atoms with Gasteiger partial charge in [0.05, 0.1) is 15.8 Å². The molecule has 0 amide bonds. The number of fused-ring (bicyclic) bond motifs is 1. The number of hydrogen-bond donors (Lipinski definition) is 3. The Balaban J connectivity index is 2.37. The van der Waals surface area contributed by atoms with Crippen molar-refractivity contribution in [1.82, 2.24) is 0 Å². The minimum absolute atomic E-state index is 0.0776. The predicted octanol–water partition coefficient (Wildman–Crippen LogP) is 1.82. The van der Waals surface area contributed by atoms with Gasteiger partial charge in [0.15, 0.2) is 11.6 Å². The van der Waals surface area contributed by atoms with E-state index in [2.05, 4.69) is 5.32 Å². The first kappa shape index (κ1) is 16.6. The normalized spacial score (nSPS) is 17.5. The minimum atomic E-state index is -1.43. The molecule has 0 saturated carbocycles. The lowest BCUT2D eigenvalue weighted by Crippen LogP contribution is -2.28. The van der Waals surface area contributed by atoms with E-state index in [4.69, 9.17) is 10.8 Å². The molecule has 1 aliphatic rings. The summed E-state index contributed by atoms with van der Waals surface area (Å²) in [5, 5.41) is 12.4. The molecule has 0 aliphatic carbocycles. The number of carbonyl (C=O) groups is 1. The minimum Gasteiger partial charge on any atom is -0.478 e. The second-order valence-corrected chi connectivity index (χ2v) is 6.46. The fourth-order valence-corrected chi connectivity index (χ4v) is 3.90. The van der Waals surface area contributed by atoms with Crippen LogP contribution >= 0.6 is 11.3 Å². The lowest BCUT2D eigenvalue weighted by atomic mass is 10.1. The lowest BCUT2D eigenvalue weighted by Gasteiger charge is -2.22. The Morgan fingerprint density at radius 3 is 2.71 bits per heavy atom. The zero-order valence-corrected chi connectivity index (χ0v) is 13.5. The molecule has 4 N–H and O–H groups in total. The number of halogens is 2. The molecule has 1 fully saturated rings. The fraction of sp³-hybridized carbons (Fsp3) is 0.333. The average Bonchev–Trinajstić information content (AvgIpc) is 2.94. The number of nitrogens with one attached hydrogen (secondary N) is 1. The van der Waals surface area contributed by atoms with Crippen LogP contribution < -0.4 is 21.4 Å². The molecule has 1 atom stereocenters. The van der Waals surface area contributed by atoms with Crippen molar-refractivity contribution in [3.05, 3.63) is 32.8 Å². The SMILES string of the molecule is CNc1c(F)c(N2CCC(N)C2)c(F)c2scc(C(=O)O)c(=O)c12. The molecule has 2 heterocycles. The zero-order chi connectivity index (χ0) is 17.6. The van der Waals surface area contributed by atoms with Crippen molar-refractivity contribution >= 4 is 38.8 Å². The third-order valence-corrected chi connectivity index (χ3v) is 5.07. The van der Waals surface area contributed by atoms with E-state index < -0.39 is 28.6 Å². The van der Waals surface area contributed by atoms with Crippen LogP contribution in [0, 0.1) is 11.6 Å². The van der Waals surface area contributed by atoms with Gasteiger partial charge in [0.1, 0.15) is 11.3 Å². The van der Waals surface area contributed by atoms with Gasteiger partial charge in [-0.1, -0.05) is 0 Å². The van der Waals surface area contributed by atoms with Gasteiger partial charge < -0.3 is 21.1 Å². The second-order valence-electron chi connectivity index (χ2n) is 5.58. The Hall–Kier alpha value is -2.26. The molecule has 2 aromatic rings. The monoisotopic (exact) mass is 355 g/mol. The van der Waals surface area contributed by atoms with Crippen molar-refractivity contribution in [1.29, 1.82) is 0 Å². The maximum atomic E-state index is 14.9. The van der Waals surface area contributed by atoms with Gasteiger partial charge in [-0.15, -0.1) is 11.3 Å². The van der Waals surface area contributed by atoms with Crippen molar-refractivity contribution in [2.75, 3.05) is 30.4 Å². The highest BCUT2D eigenvalue weighted by atomic mass is 32.1. The third kappa shape index (κ3) is 2.40. The Bertz CT molecular complexity index is 900. The first-order chi connectivity index (χ1) is 11.4. The molecule has 1 unspecified atom stereocenters. The summed E-state index contributed by atoms with van der Waals surface area (Å²) in [4.78, 5) is 25.0. The molecule has 3 rings (SSSR count). The van der Waals surface area contributed by atoms with Crippen molar-refractivity contribution < 1.29 is 18.7 Å². The summed E-state index contributed by atoms with van der Waals surface area (Å²) in [6, 6.07) is -0.175. The van der Waals surface area contributed by atoms with Crippen molar-refractivity contribution in [3.8, 4) is 0 Å². The maximum absolute atomic E-state index is 14.9. The quantitative estimate of drug-likeness (QED) is 0.777. The number of anilines is 2. The Morgan fingerprint density at radius 2 is 2.17 bits per heavy atom. The standard InChI is InChI=1S/C15H15F2N3O3S/c1-19-11-8-13(21)7(15(22)23)5-24-14(8)10(17)12(9(11)16)20-3-2-6(18)4-20/h5-6,19H,2-4,18H2,1H3,(H,22,23). The van der Waals surface area contributed by atoms with Crippen LogP contribution in [0.25, 0.3) is 10.1 Å². The van der Waals surface area contributed by atoms with Crippen LogP contribution in [0.5, 0.6) is 0 Å². The van der Waals surface area contributed by atoms with Crippen LogP contribution in [-0.2, 0) is 0 Å². The zero-order valence-electron chi connectivity index (χ0n) is 12.7. The number of hydrogen-bond acceptors (Lipinski definition) is 6. The molecule has 1 aromatic heterocycles. The van der Waals surface area contributed by atoms with Crippen LogP contribution in [0.3, 0.4) is 0 Å². The van der Waals surface area contributed by atoms with E-state index in [1.807, 2.05) is 0 Å².